The molecule has 0 aliphatic carbocycles. The number of carbonyl (C=O) groups is 3. The fourth-order valence-corrected chi connectivity index (χ4v) is 0.714. The van der Waals surface area contributed by atoms with Crippen molar-refractivity contribution < 1.29 is 109 Å². The number of hydrogen-bond donors (Lipinski definition) is 5. The topological polar surface area (TPSA) is 198 Å². The number of rotatable bonds is 5. The van der Waals surface area contributed by atoms with E-state index in [1.54, 1.807) is 0 Å². The number of carboxylic acids is 3. The minimum absolute atomic E-state index is 0. The second kappa shape index (κ2) is 13.3. The van der Waals surface area contributed by atoms with Crippen LogP contribution >= 0.6 is 0 Å². The summed E-state index contributed by atoms with van der Waals surface area (Å²) in [5.74, 6) is -5.02. The van der Waals surface area contributed by atoms with Crippen LogP contribution in [0.1, 0.15) is 12.8 Å². The Bertz CT molecular complexity index is 277. The fraction of sp³-hybridized carbons (Fsp3) is 0.500. The first-order chi connectivity index (χ1) is 7.51. The number of carboxylic acid groups (broad SMARTS) is 3. The molecule has 0 saturated carbocycles. The fourth-order valence-electron chi connectivity index (χ4n) is 0.714. The van der Waals surface area contributed by atoms with Crippen molar-refractivity contribution in [1.29, 1.82) is 0 Å². The van der Waals surface area contributed by atoms with Crippen molar-refractivity contribution in [3.05, 3.63) is 0 Å². The maximum absolute atomic E-state index is 10.3. The molecule has 0 fully saturated rings. The van der Waals surface area contributed by atoms with Crippen molar-refractivity contribution in [3.63, 3.8) is 0 Å². The smallest absolute Gasteiger partial charge is 0.871 e. The van der Waals surface area contributed by atoms with E-state index in [1.807, 2.05) is 0 Å². The van der Waals surface area contributed by atoms with Gasteiger partial charge in [0.1, 0.15) is 0 Å². The number of aliphatic carboxylic acids is 3. The predicted molar refractivity (Wildman–Crippen MR) is 45.1 cm³/mol. The van der Waals surface area contributed by atoms with Gasteiger partial charge in [-0.2, -0.15) is 0 Å². The Morgan fingerprint density at radius 2 is 1.16 bits per heavy atom. The van der Waals surface area contributed by atoms with Gasteiger partial charge in [0.05, 0.1) is 20.2 Å². The molecular weight excluding hydrogens is 289 g/mol. The predicted octanol–water partition coefficient (Wildman–Crippen LogP) is -10.6. The zero-order valence-electron chi connectivity index (χ0n) is 10.3. The molecule has 0 aromatic heterocycles. The summed E-state index contributed by atoms with van der Waals surface area (Å²) >= 11 is 0. The van der Waals surface area contributed by atoms with Crippen LogP contribution in [0.15, 0.2) is 0 Å². The molecule has 0 saturated heterocycles. The summed E-state index contributed by atoms with van der Waals surface area (Å²) in [6.45, 7) is 0. The molecule has 0 aliphatic heterocycles. The van der Waals surface area contributed by atoms with Gasteiger partial charge in [0.2, 0.25) is 0 Å². The Morgan fingerprint density at radius 3 is 1.26 bits per heavy atom. The maximum atomic E-state index is 10.3. The van der Waals surface area contributed by atoms with E-state index in [0.717, 1.165) is 0 Å². The summed E-state index contributed by atoms with van der Waals surface area (Å²) in [5.41, 5.74) is -2.74. The molecule has 98 valence electrons. The van der Waals surface area contributed by atoms with Crippen LogP contribution in [0.25, 0.3) is 0 Å². The molecule has 0 bridgehead atoms. The first kappa shape index (κ1) is 27.6. The van der Waals surface area contributed by atoms with E-state index in [0.29, 0.717) is 0 Å². The van der Waals surface area contributed by atoms with Gasteiger partial charge in [-0.3, -0.25) is 9.59 Å². The molecule has 0 aromatic rings. The molecule has 0 atom stereocenters. The Kier molecular flexibility index (Phi) is 19.3. The van der Waals surface area contributed by atoms with Gasteiger partial charge in [-0.1, -0.05) is 0 Å². The minimum Gasteiger partial charge on any atom is -0.871 e. The Hall–Kier alpha value is 0.315. The van der Waals surface area contributed by atoms with Crippen molar-refractivity contribution in [2.24, 2.45) is 0 Å². The van der Waals surface area contributed by atoms with Gasteiger partial charge in [-0.25, -0.2) is 4.79 Å². The van der Waals surface area contributed by atoms with Crippen molar-refractivity contribution >= 4 is 25.2 Å². The van der Waals surface area contributed by atoms with Gasteiger partial charge >= 0.3 is 77.0 Å². The molecule has 5 N–H and O–H groups in total. The van der Waals surface area contributed by atoms with Gasteiger partial charge < -0.3 is 35.5 Å². The van der Waals surface area contributed by atoms with Crippen LogP contribution in [0.3, 0.4) is 0 Å². The minimum atomic E-state index is -2.74. The zero-order valence-corrected chi connectivity index (χ0v) is 14.3. The Labute approximate surface area is 151 Å². The van der Waals surface area contributed by atoms with Crippen LogP contribution in [0.4, 0.5) is 0 Å². The van der Waals surface area contributed by atoms with Gasteiger partial charge in [-0.05, 0) is 0 Å². The first-order valence-electron chi connectivity index (χ1n) is 3.90. The van der Waals surface area contributed by atoms with E-state index in [1.165, 1.54) is 0 Å². The first-order valence-corrected chi connectivity index (χ1v) is 3.90. The molecule has 0 heterocycles. The van der Waals surface area contributed by atoms with E-state index in [4.69, 9.17) is 35.5 Å². The van der Waals surface area contributed by atoms with Gasteiger partial charge in [0.25, 0.3) is 0 Å². The average molecular weight is 298 g/mol. The molecule has 0 rings (SSSR count). The van der Waals surface area contributed by atoms with E-state index in [2.05, 4.69) is 0 Å². The number of hydrogen-bond acceptors (Lipinski definition) is 7. The van der Waals surface area contributed by atoms with E-state index < -0.39 is 43.7 Å². The number of aliphatic hydroxyl groups is 1. The van der Waals surface area contributed by atoms with Crippen LogP contribution in [0.2, 0.25) is 0 Å². The Balaban J connectivity index is -0.000000165. The van der Waals surface area contributed by atoms with Crippen molar-refractivity contribution in [2.75, 3.05) is 0 Å². The summed E-state index contributed by atoms with van der Waals surface area (Å²) in [4.78, 5) is 30.5. The molecule has 0 radical (unpaired) electrons. The molecular formula is C6H9BNa2O10. The molecule has 0 spiro atoms. The molecule has 10 nitrogen and oxygen atoms in total. The summed E-state index contributed by atoms with van der Waals surface area (Å²) in [6.07, 6.45) is -2.29. The van der Waals surface area contributed by atoms with Gasteiger partial charge in [0, 0.05) is 0 Å². The van der Waals surface area contributed by atoms with Crippen molar-refractivity contribution in [2.45, 2.75) is 18.4 Å². The largest absolute Gasteiger partial charge is 1.00 e. The molecule has 0 aliphatic rings. The van der Waals surface area contributed by atoms with E-state index in [-0.39, 0.29) is 59.1 Å². The van der Waals surface area contributed by atoms with Crippen molar-refractivity contribution in [3.8, 4) is 0 Å². The molecule has 19 heavy (non-hydrogen) atoms. The molecule has 0 aromatic carbocycles. The molecule has 0 amide bonds. The SMILES string of the molecule is O=C(O)CC(O)(CC(=O)O)C(=O)O.[Na+].[Na+].[O-]B([O-])O. The third-order valence-electron chi connectivity index (χ3n) is 1.29. The van der Waals surface area contributed by atoms with Crippen LogP contribution in [0, 0.1) is 0 Å². The summed E-state index contributed by atoms with van der Waals surface area (Å²) < 4.78 is 0. The summed E-state index contributed by atoms with van der Waals surface area (Å²) in [6, 6.07) is 0. The van der Waals surface area contributed by atoms with Crippen molar-refractivity contribution in [1.82, 2.24) is 0 Å². The van der Waals surface area contributed by atoms with E-state index in [9.17, 15) is 14.4 Å². The average Bonchev–Trinajstić information content (AvgIpc) is 1.98. The maximum Gasteiger partial charge on any atom is 1.00 e. The van der Waals surface area contributed by atoms with Gasteiger partial charge in [0.15, 0.2) is 5.60 Å². The van der Waals surface area contributed by atoms with Crippen LogP contribution < -0.4 is 69.2 Å². The standard InChI is InChI=1S/C6H8O7.BHO3.2Na/c7-3(8)1-6(13,5(11)12)2-4(9)10;2-1(3)4;;/h13H,1-2H2,(H,7,8)(H,9,10)(H,11,12);2H;;/q;-2;2*+1. The quantitative estimate of drug-likeness (QED) is 0.303. The van der Waals surface area contributed by atoms with Crippen LogP contribution in [-0.2, 0) is 14.4 Å². The zero-order chi connectivity index (χ0) is 14.2. The monoisotopic (exact) mass is 298 g/mol. The van der Waals surface area contributed by atoms with E-state index >= 15 is 0 Å². The summed E-state index contributed by atoms with van der Waals surface area (Å²) in [5, 5.41) is 57.8. The summed E-state index contributed by atoms with van der Waals surface area (Å²) in [7, 11) is -2.67. The third kappa shape index (κ3) is 18.3. The molecule has 0 unspecified atom stereocenters. The Morgan fingerprint density at radius 1 is 0.947 bits per heavy atom. The second-order valence-electron chi connectivity index (χ2n) is 2.78. The van der Waals surface area contributed by atoms with Crippen LogP contribution in [0.5, 0.6) is 0 Å². The second-order valence-corrected chi connectivity index (χ2v) is 2.78. The van der Waals surface area contributed by atoms with Crippen LogP contribution in [-0.4, -0.2) is 56.3 Å². The third-order valence-corrected chi connectivity index (χ3v) is 1.29. The van der Waals surface area contributed by atoms with Gasteiger partial charge in [-0.15, -0.1) is 0 Å². The molecule has 13 heteroatoms. The normalized spacial score (nSPS) is 8.84.